The number of anilines is 1. The smallest absolute Gasteiger partial charge is 0.332 e. The van der Waals surface area contributed by atoms with Gasteiger partial charge in [-0.2, -0.15) is 16.7 Å². The molecule has 8 nitrogen and oxygen atoms in total. The van der Waals surface area contributed by atoms with Crippen molar-refractivity contribution in [2.45, 2.75) is 32.4 Å². The maximum absolute atomic E-state index is 13.2. The van der Waals surface area contributed by atoms with Crippen molar-refractivity contribution in [2.24, 2.45) is 7.05 Å². The van der Waals surface area contributed by atoms with Crippen LogP contribution < -0.4 is 21.5 Å². The highest BCUT2D eigenvalue weighted by Crippen LogP contribution is 2.35. The molecule has 2 saturated heterocycles. The van der Waals surface area contributed by atoms with Crippen LogP contribution in [-0.2, 0) is 13.6 Å². The maximum Gasteiger partial charge on any atom is 0.332 e. The molecule has 2 aromatic rings. The van der Waals surface area contributed by atoms with Crippen molar-refractivity contribution in [1.82, 2.24) is 24.0 Å². The van der Waals surface area contributed by atoms with E-state index in [0.717, 1.165) is 56.5 Å². The Morgan fingerprint density at radius 2 is 1.93 bits per heavy atom. The van der Waals surface area contributed by atoms with E-state index in [1.165, 1.54) is 4.57 Å². The fourth-order valence-electron chi connectivity index (χ4n) is 3.65. The highest BCUT2D eigenvalue weighted by atomic mass is 35.5. The molecular formula is C17H27ClN6O2S. The Labute approximate surface area is 168 Å². The minimum atomic E-state index is -0.268. The van der Waals surface area contributed by atoms with Crippen LogP contribution >= 0.6 is 24.2 Å². The van der Waals surface area contributed by atoms with Gasteiger partial charge < -0.3 is 10.2 Å². The molecule has 0 radical (unpaired) electrons. The summed E-state index contributed by atoms with van der Waals surface area (Å²) in [6.45, 7) is 6.06. The predicted octanol–water partition coefficient (Wildman–Crippen LogP) is 0.816. The van der Waals surface area contributed by atoms with E-state index in [9.17, 15) is 9.59 Å². The van der Waals surface area contributed by atoms with E-state index < -0.39 is 0 Å². The molecule has 2 aliphatic heterocycles. The van der Waals surface area contributed by atoms with E-state index in [1.807, 2.05) is 11.8 Å². The molecule has 0 bridgehead atoms. The summed E-state index contributed by atoms with van der Waals surface area (Å²) in [6.07, 6.45) is 1.76. The number of unbranched alkanes of at least 4 members (excludes halogenated alkanes) is 1. The van der Waals surface area contributed by atoms with E-state index in [1.54, 1.807) is 11.6 Å². The van der Waals surface area contributed by atoms with Gasteiger partial charge in [0, 0.05) is 51.3 Å². The zero-order valence-corrected chi connectivity index (χ0v) is 17.4. The first kappa shape index (κ1) is 20.3. The van der Waals surface area contributed by atoms with E-state index >= 15 is 0 Å². The van der Waals surface area contributed by atoms with Crippen LogP contribution in [0.2, 0.25) is 0 Å². The first-order valence-electron chi connectivity index (χ1n) is 9.38. The molecule has 27 heavy (non-hydrogen) atoms. The second-order valence-electron chi connectivity index (χ2n) is 7.03. The first-order chi connectivity index (χ1) is 12.6. The van der Waals surface area contributed by atoms with Crippen LogP contribution in [-0.4, -0.2) is 56.4 Å². The van der Waals surface area contributed by atoms with Gasteiger partial charge in [0.05, 0.1) is 6.04 Å². The molecule has 2 fully saturated rings. The van der Waals surface area contributed by atoms with Crippen LogP contribution in [0.3, 0.4) is 0 Å². The Morgan fingerprint density at radius 1 is 1.22 bits per heavy atom. The monoisotopic (exact) mass is 414 g/mol. The van der Waals surface area contributed by atoms with Crippen LogP contribution in [0, 0.1) is 0 Å². The summed E-state index contributed by atoms with van der Waals surface area (Å²) < 4.78 is 5.04. The number of piperazine rings is 1. The summed E-state index contributed by atoms with van der Waals surface area (Å²) in [7, 11) is 1.72. The van der Waals surface area contributed by atoms with E-state index in [-0.39, 0.29) is 29.7 Å². The van der Waals surface area contributed by atoms with E-state index in [2.05, 4.69) is 21.7 Å². The molecule has 0 saturated carbocycles. The number of aryl methyl sites for hydroxylation is 1. The third-order valence-corrected chi connectivity index (χ3v) is 6.52. The lowest BCUT2D eigenvalue weighted by molar-refractivity contribution is 0.540. The third-order valence-electron chi connectivity index (χ3n) is 5.28. The topological polar surface area (TPSA) is 77.1 Å². The number of imidazole rings is 1. The SMILES string of the molecule is CCCCn1c(=O)c2c(nc(N3CCNCC3)n2C2CSC2)n(C)c1=O.Cl. The second-order valence-corrected chi connectivity index (χ2v) is 8.11. The lowest BCUT2D eigenvalue weighted by Crippen LogP contribution is -2.45. The molecule has 4 rings (SSSR count). The number of rotatable bonds is 5. The summed E-state index contributed by atoms with van der Waals surface area (Å²) in [5, 5.41) is 3.36. The minimum Gasteiger partial charge on any atom is -0.340 e. The van der Waals surface area contributed by atoms with Gasteiger partial charge in [-0.15, -0.1) is 12.4 Å². The highest BCUT2D eigenvalue weighted by Gasteiger charge is 2.31. The number of thioether (sulfide) groups is 1. The number of fused-ring (bicyclic) bond motifs is 1. The zero-order chi connectivity index (χ0) is 18.3. The Morgan fingerprint density at radius 3 is 2.52 bits per heavy atom. The van der Waals surface area contributed by atoms with Crippen LogP contribution in [0.15, 0.2) is 9.59 Å². The van der Waals surface area contributed by atoms with Gasteiger partial charge in [-0.25, -0.2) is 4.79 Å². The predicted molar refractivity (Wildman–Crippen MR) is 113 cm³/mol. The third kappa shape index (κ3) is 3.40. The highest BCUT2D eigenvalue weighted by molar-refractivity contribution is 8.00. The van der Waals surface area contributed by atoms with Crippen molar-refractivity contribution in [1.29, 1.82) is 0 Å². The van der Waals surface area contributed by atoms with Gasteiger partial charge in [0.1, 0.15) is 0 Å². The maximum atomic E-state index is 13.2. The van der Waals surface area contributed by atoms with Crippen molar-refractivity contribution in [2.75, 3.05) is 42.6 Å². The number of hydrogen-bond donors (Lipinski definition) is 1. The van der Waals surface area contributed by atoms with Crippen molar-refractivity contribution in [3.8, 4) is 0 Å². The van der Waals surface area contributed by atoms with Crippen molar-refractivity contribution in [3.05, 3.63) is 20.8 Å². The summed E-state index contributed by atoms with van der Waals surface area (Å²) >= 11 is 1.88. The fraction of sp³-hybridized carbons (Fsp3) is 0.706. The number of hydrogen-bond acceptors (Lipinski definition) is 6. The Hall–Kier alpha value is -1.45. The summed E-state index contributed by atoms with van der Waals surface area (Å²) in [6, 6.07) is 0.278. The van der Waals surface area contributed by atoms with Gasteiger partial charge in [0.15, 0.2) is 11.2 Å². The molecule has 4 heterocycles. The Bertz CT molecular complexity index is 926. The number of halogens is 1. The molecule has 2 aliphatic rings. The molecule has 10 heteroatoms. The quantitative estimate of drug-likeness (QED) is 0.780. The molecule has 0 spiro atoms. The van der Waals surface area contributed by atoms with Crippen LogP contribution in [0.25, 0.3) is 11.2 Å². The van der Waals surface area contributed by atoms with Crippen molar-refractivity contribution in [3.63, 3.8) is 0 Å². The number of nitrogens with zero attached hydrogens (tertiary/aromatic N) is 5. The normalized spacial score (nSPS) is 17.8. The fourth-order valence-corrected chi connectivity index (χ4v) is 4.39. The second kappa shape index (κ2) is 8.28. The number of aromatic nitrogens is 4. The standard InChI is InChI=1S/C17H26N6O2S.ClH/c1-3-4-7-22-15(24)13-14(20(2)17(22)25)19-16(21-8-5-18-6-9-21)23(13)12-10-26-11-12;/h12,18H,3-11H2,1-2H3;1H. The van der Waals surface area contributed by atoms with E-state index in [0.29, 0.717) is 17.7 Å². The van der Waals surface area contributed by atoms with E-state index in [4.69, 9.17) is 4.98 Å². The van der Waals surface area contributed by atoms with Gasteiger partial charge in [-0.05, 0) is 6.42 Å². The van der Waals surface area contributed by atoms with Gasteiger partial charge in [-0.1, -0.05) is 13.3 Å². The lowest BCUT2D eigenvalue weighted by Gasteiger charge is -2.33. The Kier molecular flexibility index (Phi) is 6.22. The molecule has 150 valence electrons. The Balaban J connectivity index is 0.00000210. The zero-order valence-electron chi connectivity index (χ0n) is 15.8. The van der Waals surface area contributed by atoms with Crippen molar-refractivity contribution < 1.29 is 0 Å². The van der Waals surface area contributed by atoms with Crippen LogP contribution in [0.4, 0.5) is 5.95 Å². The lowest BCUT2D eigenvalue weighted by atomic mass is 10.3. The average molecular weight is 415 g/mol. The van der Waals surface area contributed by atoms with Gasteiger partial charge in [-0.3, -0.25) is 18.5 Å². The molecule has 2 aromatic heterocycles. The van der Waals surface area contributed by atoms with Crippen molar-refractivity contribution >= 4 is 41.3 Å². The van der Waals surface area contributed by atoms with Crippen LogP contribution in [0.1, 0.15) is 25.8 Å². The largest absolute Gasteiger partial charge is 0.340 e. The average Bonchev–Trinajstić information content (AvgIpc) is 2.99. The molecule has 1 N–H and O–H groups in total. The number of nitrogens with one attached hydrogen (secondary N) is 1. The summed E-state index contributed by atoms with van der Waals surface area (Å²) in [4.78, 5) is 32.9. The molecule has 0 aliphatic carbocycles. The van der Waals surface area contributed by atoms with Gasteiger partial charge in [0.25, 0.3) is 5.56 Å². The molecule has 0 unspecified atom stereocenters. The molecule has 0 aromatic carbocycles. The summed E-state index contributed by atoms with van der Waals surface area (Å²) in [5.74, 6) is 2.82. The van der Waals surface area contributed by atoms with Gasteiger partial charge >= 0.3 is 5.69 Å². The van der Waals surface area contributed by atoms with Crippen LogP contribution in [0.5, 0.6) is 0 Å². The first-order valence-corrected chi connectivity index (χ1v) is 10.5. The molecular weight excluding hydrogens is 388 g/mol. The minimum absolute atomic E-state index is 0. The molecule has 0 atom stereocenters. The molecule has 0 amide bonds. The summed E-state index contributed by atoms with van der Waals surface area (Å²) in [5.41, 5.74) is 0.637. The van der Waals surface area contributed by atoms with Gasteiger partial charge in [0.2, 0.25) is 5.95 Å².